The van der Waals surface area contributed by atoms with Crippen molar-refractivity contribution in [2.75, 3.05) is 19.8 Å². The molecule has 4 nitrogen and oxygen atoms in total. The number of ether oxygens (including phenoxy) is 2. The maximum Gasteiger partial charge on any atom is 1.00 e. The summed E-state index contributed by atoms with van der Waals surface area (Å²) >= 11 is 0. The zero-order chi connectivity index (χ0) is 7.61. The van der Waals surface area contributed by atoms with E-state index in [1.54, 1.807) is 6.92 Å². The maximum atomic E-state index is 9.91. The Morgan fingerprint density at radius 2 is 2.27 bits per heavy atom. The number of carbonyl (C=O) groups excluding carboxylic acids is 1. The van der Waals surface area contributed by atoms with Gasteiger partial charge in [0.1, 0.15) is 5.60 Å². The van der Waals surface area contributed by atoms with E-state index in [4.69, 9.17) is 9.47 Å². The molecule has 1 aliphatic rings. The molecule has 5 heteroatoms. The van der Waals surface area contributed by atoms with E-state index in [1.165, 1.54) is 0 Å². The van der Waals surface area contributed by atoms with Gasteiger partial charge >= 0.3 is 29.6 Å². The maximum absolute atomic E-state index is 9.91. The van der Waals surface area contributed by atoms with Gasteiger partial charge in [-0.1, -0.05) is 0 Å². The third-order valence-electron chi connectivity index (χ3n) is 1.35. The predicted molar refractivity (Wildman–Crippen MR) is 30.2 cm³/mol. The van der Waals surface area contributed by atoms with Crippen molar-refractivity contribution in [1.29, 1.82) is 0 Å². The summed E-state index contributed by atoms with van der Waals surface area (Å²) in [5.74, 6) is -1.19. The molecule has 1 heterocycles. The number of hydrogen-bond acceptors (Lipinski definition) is 4. The van der Waals surface area contributed by atoms with Crippen LogP contribution in [-0.4, -0.2) is 31.4 Å². The molecule has 1 rings (SSSR count). The summed E-state index contributed by atoms with van der Waals surface area (Å²) in [5, 5.41) is 9.91. The van der Waals surface area contributed by atoms with Crippen molar-refractivity contribution in [2.24, 2.45) is 0 Å². The van der Waals surface area contributed by atoms with Gasteiger partial charge in [0.15, 0.2) is 0 Å². The molecule has 0 radical (unpaired) electrons. The average molecular weight is 168 g/mol. The number of carbonyl (C=O) groups is 1. The molecule has 0 N–H and O–H groups in total. The predicted octanol–water partition coefficient (Wildman–Crippen LogP) is -4.45. The first-order valence-corrected chi connectivity index (χ1v) is 3.04. The molecule has 11 heavy (non-hydrogen) atoms. The first kappa shape index (κ1) is 11.4. The van der Waals surface area contributed by atoms with Crippen LogP contribution in [0.4, 0.5) is 0 Å². The second kappa shape index (κ2) is 4.42. The van der Waals surface area contributed by atoms with Gasteiger partial charge in [0.2, 0.25) is 0 Å². The molecule has 0 aromatic rings. The number of carboxylic acid groups (broad SMARTS) is 1. The van der Waals surface area contributed by atoms with Crippen LogP contribution in [0.25, 0.3) is 0 Å². The zero-order valence-electron chi connectivity index (χ0n) is 6.75. The molecule has 1 fully saturated rings. The smallest absolute Gasteiger partial charge is 0.548 e. The van der Waals surface area contributed by atoms with Crippen molar-refractivity contribution in [2.45, 2.75) is 12.5 Å². The van der Waals surface area contributed by atoms with Gasteiger partial charge in [0.25, 0.3) is 0 Å². The molecular weight excluding hydrogens is 159 g/mol. The molecule has 0 spiro atoms. The molecule has 0 aromatic heterocycles. The molecule has 58 valence electrons. The third-order valence-corrected chi connectivity index (χ3v) is 1.35. The Morgan fingerprint density at radius 1 is 1.73 bits per heavy atom. The van der Waals surface area contributed by atoms with E-state index in [1.807, 2.05) is 0 Å². The third kappa shape index (κ3) is 3.53. The molecular formula is C6H9NaO4. The van der Waals surface area contributed by atoms with Crippen molar-refractivity contribution in [3.63, 3.8) is 0 Å². The van der Waals surface area contributed by atoms with E-state index in [-0.39, 0.29) is 41.8 Å². The summed E-state index contributed by atoms with van der Waals surface area (Å²) in [7, 11) is 0. The van der Waals surface area contributed by atoms with Crippen LogP contribution in [0.5, 0.6) is 0 Å². The fraction of sp³-hybridized carbons (Fsp3) is 0.833. The first-order chi connectivity index (χ1) is 4.62. The molecule has 0 atom stereocenters. The molecule has 1 saturated heterocycles. The average Bonchev–Trinajstić information content (AvgIpc) is 1.79. The van der Waals surface area contributed by atoms with E-state index < -0.39 is 5.97 Å². The van der Waals surface area contributed by atoms with E-state index in [2.05, 4.69) is 0 Å². The molecule has 0 aromatic carbocycles. The fourth-order valence-corrected chi connectivity index (χ4v) is 0.706. The molecule has 1 aliphatic heterocycles. The number of rotatable bonds is 3. The summed E-state index contributed by atoms with van der Waals surface area (Å²) < 4.78 is 9.77. The van der Waals surface area contributed by atoms with Crippen molar-refractivity contribution in [1.82, 2.24) is 0 Å². The van der Waals surface area contributed by atoms with Crippen LogP contribution in [0.1, 0.15) is 6.92 Å². The topological polar surface area (TPSA) is 58.6 Å². The second-order valence-corrected chi connectivity index (χ2v) is 2.60. The van der Waals surface area contributed by atoms with E-state index in [0.29, 0.717) is 13.2 Å². The summed E-state index contributed by atoms with van der Waals surface area (Å²) in [4.78, 5) is 9.91. The fourth-order valence-electron chi connectivity index (χ4n) is 0.706. The van der Waals surface area contributed by atoms with Gasteiger partial charge in [-0.15, -0.1) is 0 Å². The van der Waals surface area contributed by atoms with E-state index in [0.717, 1.165) is 0 Å². The SMILES string of the molecule is CC1(OCC(=O)[O-])COC1.[Na+]. The molecule has 0 unspecified atom stereocenters. The Balaban J connectivity index is 0.000001000. The van der Waals surface area contributed by atoms with Gasteiger partial charge in [-0.05, 0) is 6.92 Å². The van der Waals surface area contributed by atoms with Crippen LogP contribution in [0.15, 0.2) is 0 Å². The van der Waals surface area contributed by atoms with Crippen molar-refractivity contribution in [3.8, 4) is 0 Å². The monoisotopic (exact) mass is 168 g/mol. The standard InChI is InChI=1S/C6H10O4.Na/c1-6(3-9-4-6)10-2-5(7)8;/h2-4H2,1H3,(H,7,8);/q;+1/p-1. The van der Waals surface area contributed by atoms with Crippen LogP contribution in [0.3, 0.4) is 0 Å². The van der Waals surface area contributed by atoms with Crippen LogP contribution >= 0.6 is 0 Å². The normalized spacial score (nSPS) is 19.7. The summed E-state index contributed by atoms with van der Waals surface area (Å²) in [6, 6.07) is 0. The van der Waals surface area contributed by atoms with Gasteiger partial charge in [-0.25, -0.2) is 0 Å². The quantitative estimate of drug-likeness (QED) is 0.399. The summed E-state index contributed by atoms with van der Waals surface area (Å²) in [6.45, 7) is 2.40. The van der Waals surface area contributed by atoms with Crippen LogP contribution in [0, 0.1) is 0 Å². The van der Waals surface area contributed by atoms with Gasteiger partial charge in [0.05, 0.1) is 25.8 Å². The van der Waals surface area contributed by atoms with Gasteiger partial charge in [-0.3, -0.25) is 0 Å². The van der Waals surface area contributed by atoms with E-state index >= 15 is 0 Å². The van der Waals surface area contributed by atoms with Gasteiger partial charge in [-0.2, -0.15) is 0 Å². The van der Waals surface area contributed by atoms with Crippen molar-refractivity contribution in [3.05, 3.63) is 0 Å². The minimum atomic E-state index is -1.19. The van der Waals surface area contributed by atoms with Crippen LogP contribution in [0.2, 0.25) is 0 Å². The summed E-state index contributed by atoms with van der Waals surface area (Å²) in [6.07, 6.45) is 0. The Hall–Kier alpha value is 0.390. The minimum absolute atomic E-state index is 0. The van der Waals surface area contributed by atoms with Crippen molar-refractivity contribution < 1.29 is 48.9 Å². The van der Waals surface area contributed by atoms with Gasteiger partial charge < -0.3 is 19.4 Å². The largest absolute Gasteiger partial charge is 1.00 e. The molecule has 0 amide bonds. The number of carboxylic acids is 1. The molecule has 0 saturated carbocycles. The Labute approximate surface area is 87.2 Å². The van der Waals surface area contributed by atoms with Gasteiger partial charge in [0, 0.05) is 0 Å². The Kier molecular flexibility index (Phi) is 4.58. The molecule has 0 bridgehead atoms. The zero-order valence-corrected chi connectivity index (χ0v) is 8.75. The second-order valence-electron chi connectivity index (χ2n) is 2.60. The first-order valence-electron chi connectivity index (χ1n) is 3.04. The van der Waals surface area contributed by atoms with Crippen LogP contribution < -0.4 is 34.7 Å². The Bertz CT molecular complexity index is 144. The van der Waals surface area contributed by atoms with Crippen LogP contribution in [-0.2, 0) is 14.3 Å². The number of aliphatic carboxylic acids is 1. The minimum Gasteiger partial charge on any atom is -0.548 e. The summed E-state index contributed by atoms with van der Waals surface area (Å²) in [5.41, 5.74) is -0.389. The van der Waals surface area contributed by atoms with Crippen molar-refractivity contribution >= 4 is 5.97 Å². The molecule has 0 aliphatic carbocycles. The number of hydrogen-bond donors (Lipinski definition) is 0. The van der Waals surface area contributed by atoms with E-state index in [9.17, 15) is 9.90 Å². The Morgan fingerprint density at radius 3 is 2.55 bits per heavy atom.